The lowest BCUT2D eigenvalue weighted by atomic mass is 9.91. The molecular formula is C12H15BrClN. The number of nitrogens with one attached hydrogen (secondary N) is 1. The molecule has 1 saturated heterocycles. The number of halogens is 2. The smallest absolute Gasteiger partial charge is 0.0409 e. The van der Waals surface area contributed by atoms with E-state index >= 15 is 0 Å². The van der Waals surface area contributed by atoms with Crippen LogP contribution >= 0.6 is 27.5 Å². The van der Waals surface area contributed by atoms with Gasteiger partial charge in [-0.15, -0.1) is 0 Å². The van der Waals surface area contributed by atoms with Crippen molar-refractivity contribution < 1.29 is 0 Å². The molecule has 1 aliphatic heterocycles. The van der Waals surface area contributed by atoms with Gasteiger partial charge < -0.3 is 5.32 Å². The van der Waals surface area contributed by atoms with Gasteiger partial charge in [0.2, 0.25) is 0 Å². The van der Waals surface area contributed by atoms with Crippen LogP contribution in [0.3, 0.4) is 0 Å². The summed E-state index contributed by atoms with van der Waals surface area (Å²) >= 11 is 9.58. The molecule has 0 atom stereocenters. The second-order valence-corrected chi connectivity index (χ2v) is 5.42. The fraction of sp³-hybridized carbons (Fsp3) is 0.500. The monoisotopic (exact) mass is 287 g/mol. The van der Waals surface area contributed by atoms with Crippen LogP contribution in [-0.2, 0) is 6.42 Å². The first-order valence-electron chi connectivity index (χ1n) is 5.40. The van der Waals surface area contributed by atoms with Gasteiger partial charge in [0.05, 0.1) is 0 Å². The standard InChI is InChI=1S/C12H15BrClN/c13-12-2-1-11(14)8-10(12)7-9-3-5-15-6-4-9/h1-2,8-9,15H,3-7H2. The highest BCUT2D eigenvalue weighted by Gasteiger charge is 2.14. The highest BCUT2D eigenvalue weighted by Crippen LogP contribution is 2.26. The molecule has 82 valence electrons. The first-order valence-corrected chi connectivity index (χ1v) is 6.57. The minimum Gasteiger partial charge on any atom is -0.317 e. The highest BCUT2D eigenvalue weighted by atomic mass is 79.9. The third-order valence-corrected chi connectivity index (χ3v) is 3.98. The molecule has 0 unspecified atom stereocenters. The van der Waals surface area contributed by atoms with Crippen molar-refractivity contribution in [1.82, 2.24) is 5.32 Å². The maximum Gasteiger partial charge on any atom is 0.0409 e. The second kappa shape index (κ2) is 5.33. The third-order valence-electron chi connectivity index (χ3n) is 2.98. The lowest BCUT2D eigenvalue weighted by Crippen LogP contribution is -2.28. The third kappa shape index (κ3) is 3.20. The topological polar surface area (TPSA) is 12.0 Å². The summed E-state index contributed by atoms with van der Waals surface area (Å²) in [6.07, 6.45) is 3.70. The van der Waals surface area contributed by atoms with Crippen molar-refractivity contribution in [1.29, 1.82) is 0 Å². The maximum absolute atomic E-state index is 6.00. The van der Waals surface area contributed by atoms with Crippen molar-refractivity contribution in [3.05, 3.63) is 33.3 Å². The fourth-order valence-corrected chi connectivity index (χ4v) is 2.70. The Morgan fingerprint density at radius 1 is 1.33 bits per heavy atom. The molecule has 0 spiro atoms. The van der Waals surface area contributed by atoms with E-state index in [0.29, 0.717) is 0 Å². The van der Waals surface area contributed by atoms with E-state index in [9.17, 15) is 0 Å². The number of rotatable bonds is 2. The van der Waals surface area contributed by atoms with Crippen LogP contribution in [0.15, 0.2) is 22.7 Å². The van der Waals surface area contributed by atoms with E-state index in [-0.39, 0.29) is 0 Å². The molecule has 0 radical (unpaired) electrons. The first-order chi connectivity index (χ1) is 7.25. The van der Waals surface area contributed by atoms with Crippen molar-refractivity contribution in [2.24, 2.45) is 5.92 Å². The Labute approximate surface area is 104 Å². The summed E-state index contributed by atoms with van der Waals surface area (Å²) in [6, 6.07) is 6.05. The minimum absolute atomic E-state index is 0.806. The molecule has 1 aromatic carbocycles. The summed E-state index contributed by atoms with van der Waals surface area (Å²) in [5, 5.41) is 4.22. The summed E-state index contributed by atoms with van der Waals surface area (Å²) < 4.78 is 1.19. The highest BCUT2D eigenvalue weighted by molar-refractivity contribution is 9.10. The van der Waals surface area contributed by atoms with E-state index in [1.54, 1.807) is 0 Å². The second-order valence-electron chi connectivity index (χ2n) is 4.13. The molecule has 1 heterocycles. The van der Waals surface area contributed by atoms with Gasteiger partial charge in [-0.25, -0.2) is 0 Å². The molecule has 1 nitrogen and oxygen atoms in total. The molecule has 1 aliphatic rings. The molecule has 0 aromatic heterocycles. The zero-order chi connectivity index (χ0) is 10.7. The van der Waals surface area contributed by atoms with Gasteiger partial charge in [0.25, 0.3) is 0 Å². The summed E-state index contributed by atoms with van der Waals surface area (Å²) in [4.78, 5) is 0. The molecule has 1 fully saturated rings. The van der Waals surface area contributed by atoms with Gasteiger partial charge in [0, 0.05) is 9.50 Å². The summed E-state index contributed by atoms with van der Waals surface area (Å²) in [6.45, 7) is 2.31. The molecule has 2 rings (SSSR count). The number of hydrogen-bond donors (Lipinski definition) is 1. The van der Waals surface area contributed by atoms with Crippen LogP contribution in [0.5, 0.6) is 0 Å². The zero-order valence-electron chi connectivity index (χ0n) is 8.60. The molecule has 0 bridgehead atoms. The largest absolute Gasteiger partial charge is 0.317 e. The normalized spacial score (nSPS) is 18.0. The Bertz CT molecular complexity index is 334. The van der Waals surface area contributed by atoms with Gasteiger partial charge in [-0.2, -0.15) is 0 Å². The van der Waals surface area contributed by atoms with Gasteiger partial charge in [0.1, 0.15) is 0 Å². The lowest BCUT2D eigenvalue weighted by Gasteiger charge is -2.23. The number of piperidine rings is 1. The van der Waals surface area contributed by atoms with Crippen LogP contribution in [0.1, 0.15) is 18.4 Å². The SMILES string of the molecule is Clc1ccc(Br)c(CC2CCNCC2)c1. The van der Waals surface area contributed by atoms with Crippen molar-refractivity contribution >= 4 is 27.5 Å². The van der Waals surface area contributed by atoms with Crippen LogP contribution in [-0.4, -0.2) is 13.1 Å². The molecule has 0 saturated carbocycles. The zero-order valence-corrected chi connectivity index (χ0v) is 10.9. The predicted molar refractivity (Wildman–Crippen MR) is 68.4 cm³/mol. The van der Waals surface area contributed by atoms with Gasteiger partial charge in [-0.05, 0) is 62.0 Å². The van der Waals surface area contributed by atoms with Crippen LogP contribution in [0.2, 0.25) is 5.02 Å². The van der Waals surface area contributed by atoms with E-state index in [1.807, 2.05) is 12.1 Å². The molecule has 15 heavy (non-hydrogen) atoms. The Hall–Kier alpha value is -0.0500. The van der Waals surface area contributed by atoms with Gasteiger partial charge in [-0.3, -0.25) is 0 Å². The maximum atomic E-state index is 6.00. The Morgan fingerprint density at radius 2 is 2.07 bits per heavy atom. The minimum atomic E-state index is 0.806. The molecular weight excluding hydrogens is 273 g/mol. The summed E-state index contributed by atoms with van der Waals surface area (Å²) in [7, 11) is 0. The van der Waals surface area contributed by atoms with Crippen LogP contribution in [0.4, 0.5) is 0 Å². The average Bonchev–Trinajstić information content (AvgIpc) is 2.25. The number of benzene rings is 1. The van der Waals surface area contributed by atoms with Gasteiger partial charge in [0.15, 0.2) is 0 Å². The van der Waals surface area contributed by atoms with Crippen LogP contribution in [0.25, 0.3) is 0 Å². The van der Waals surface area contributed by atoms with Crippen molar-refractivity contribution in [2.75, 3.05) is 13.1 Å². The van der Waals surface area contributed by atoms with Crippen LogP contribution < -0.4 is 5.32 Å². The van der Waals surface area contributed by atoms with E-state index in [4.69, 9.17) is 11.6 Å². The van der Waals surface area contributed by atoms with Crippen LogP contribution in [0, 0.1) is 5.92 Å². The molecule has 1 aromatic rings. The van der Waals surface area contributed by atoms with E-state index in [1.165, 1.54) is 22.9 Å². The average molecular weight is 289 g/mol. The molecule has 1 N–H and O–H groups in total. The van der Waals surface area contributed by atoms with E-state index < -0.39 is 0 Å². The van der Waals surface area contributed by atoms with Crippen molar-refractivity contribution in [2.45, 2.75) is 19.3 Å². The molecule has 3 heteroatoms. The fourth-order valence-electron chi connectivity index (χ4n) is 2.10. The van der Waals surface area contributed by atoms with Crippen molar-refractivity contribution in [3.8, 4) is 0 Å². The Balaban J connectivity index is 2.05. The van der Waals surface area contributed by atoms with Gasteiger partial charge in [-0.1, -0.05) is 27.5 Å². The molecule has 0 aliphatic carbocycles. The Kier molecular flexibility index (Phi) is 4.06. The summed E-state index contributed by atoms with van der Waals surface area (Å²) in [5.41, 5.74) is 1.34. The number of hydrogen-bond acceptors (Lipinski definition) is 1. The van der Waals surface area contributed by atoms with E-state index in [0.717, 1.165) is 30.5 Å². The first kappa shape index (κ1) is 11.4. The van der Waals surface area contributed by atoms with Gasteiger partial charge >= 0.3 is 0 Å². The predicted octanol–water partition coefficient (Wildman–Crippen LogP) is 3.64. The quantitative estimate of drug-likeness (QED) is 0.876. The molecule has 0 amide bonds. The lowest BCUT2D eigenvalue weighted by molar-refractivity contribution is 0.372. The van der Waals surface area contributed by atoms with E-state index in [2.05, 4.69) is 27.3 Å². The Morgan fingerprint density at radius 3 is 2.80 bits per heavy atom. The van der Waals surface area contributed by atoms with Crippen molar-refractivity contribution in [3.63, 3.8) is 0 Å². The summed E-state index contributed by atoms with van der Waals surface area (Å²) in [5.74, 6) is 0.806.